The van der Waals surface area contributed by atoms with Crippen LogP contribution < -0.4 is 5.32 Å². The van der Waals surface area contributed by atoms with Crippen molar-refractivity contribution in [1.82, 2.24) is 10.2 Å². The summed E-state index contributed by atoms with van der Waals surface area (Å²) in [5.41, 5.74) is 0.840. The number of nitriles is 1. The maximum atomic E-state index is 12.2. The molecule has 0 bridgehead atoms. The molecule has 1 fully saturated rings. The smallest absolute Gasteiger partial charge is 0.264 e. The maximum Gasteiger partial charge on any atom is 0.264 e. The summed E-state index contributed by atoms with van der Waals surface area (Å²) in [5, 5.41) is 12.2. The van der Waals surface area contributed by atoms with E-state index in [1.165, 1.54) is 6.42 Å². The Morgan fingerprint density at radius 2 is 2.11 bits per heavy atom. The van der Waals surface area contributed by atoms with Crippen molar-refractivity contribution < 1.29 is 4.79 Å². The molecule has 0 radical (unpaired) electrons. The highest BCUT2D eigenvalue weighted by Gasteiger charge is 2.21. The van der Waals surface area contributed by atoms with E-state index in [1.807, 2.05) is 31.5 Å². The van der Waals surface area contributed by atoms with E-state index >= 15 is 0 Å². The molecule has 0 atom stereocenters. The van der Waals surface area contributed by atoms with Gasteiger partial charge in [0.1, 0.15) is 11.6 Å². The lowest BCUT2D eigenvalue weighted by Crippen LogP contribution is -2.37. The third kappa shape index (κ3) is 3.25. The number of rotatable bonds is 2. The summed E-state index contributed by atoms with van der Waals surface area (Å²) in [6.07, 6.45) is 12.9. The molecule has 1 N–H and O–H groups in total. The first-order chi connectivity index (χ1) is 9.22. The molecule has 1 aliphatic heterocycles. The van der Waals surface area contributed by atoms with Gasteiger partial charge in [0.05, 0.1) is 5.70 Å². The minimum absolute atomic E-state index is 0.189. The third-order valence-electron chi connectivity index (χ3n) is 3.59. The van der Waals surface area contributed by atoms with E-state index in [9.17, 15) is 10.1 Å². The molecule has 0 aromatic carbocycles. The molecular formula is C15H19N3O. The van der Waals surface area contributed by atoms with Gasteiger partial charge in [-0.1, -0.05) is 25.3 Å². The lowest BCUT2D eigenvalue weighted by molar-refractivity contribution is -0.118. The maximum absolute atomic E-state index is 12.2. The van der Waals surface area contributed by atoms with E-state index in [2.05, 4.69) is 5.32 Å². The van der Waals surface area contributed by atoms with Crippen LogP contribution in [0.2, 0.25) is 0 Å². The Balaban J connectivity index is 2.11. The Bertz CT molecular complexity index is 476. The van der Waals surface area contributed by atoms with Crippen molar-refractivity contribution in [2.24, 2.45) is 0 Å². The van der Waals surface area contributed by atoms with Crippen LogP contribution in [0, 0.1) is 11.3 Å². The predicted molar refractivity (Wildman–Crippen MR) is 73.7 cm³/mol. The van der Waals surface area contributed by atoms with Gasteiger partial charge >= 0.3 is 0 Å². The van der Waals surface area contributed by atoms with E-state index in [0.29, 0.717) is 5.70 Å². The van der Waals surface area contributed by atoms with E-state index in [-0.39, 0.29) is 17.5 Å². The molecule has 100 valence electrons. The molecular weight excluding hydrogens is 238 g/mol. The van der Waals surface area contributed by atoms with Crippen LogP contribution in [0.4, 0.5) is 0 Å². The molecule has 0 aromatic rings. The average molecular weight is 257 g/mol. The number of amides is 1. The Kier molecular flexibility index (Phi) is 4.40. The lowest BCUT2D eigenvalue weighted by Gasteiger charge is -2.24. The molecule has 4 nitrogen and oxygen atoms in total. The number of likely N-dealkylation sites (N-methyl/N-ethyl adjacent to an activating group) is 1. The summed E-state index contributed by atoms with van der Waals surface area (Å²) in [6, 6.07) is 2.25. The minimum Gasteiger partial charge on any atom is -0.350 e. The van der Waals surface area contributed by atoms with Crippen LogP contribution in [-0.2, 0) is 4.79 Å². The van der Waals surface area contributed by atoms with Gasteiger partial charge in [0.2, 0.25) is 0 Å². The van der Waals surface area contributed by atoms with Crippen LogP contribution in [0.25, 0.3) is 0 Å². The zero-order valence-corrected chi connectivity index (χ0v) is 11.2. The van der Waals surface area contributed by atoms with Crippen LogP contribution in [0.15, 0.2) is 35.7 Å². The zero-order valence-electron chi connectivity index (χ0n) is 11.2. The molecule has 1 aliphatic carbocycles. The highest BCUT2D eigenvalue weighted by Crippen LogP contribution is 2.19. The molecule has 2 aliphatic rings. The van der Waals surface area contributed by atoms with Crippen molar-refractivity contribution in [3.8, 4) is 6.07 Å². The number of carbonyl (C=O) groups excluding carboxylic acids is 1. The predicted octanol–water partition coefficient (Wildman–Crippen LogP) is 2.23. The van der Waals surface area contributed by atoms with Crippen LogP contribution >= 0.6 is 0 Å². The quantitative estimate of drug-likeness (QED) is 0.609. The molecule has 19 heavy (non-hydrogen) atoms. The molecule has 4 heteroatoms. The lowest BCUT2D eigenvalue weighted by atomic mass is 9.95. The fraction of sp³-hybridized carbons (Fsp3) is 0.467. The molecule has 0 unspecified atom stereocenters. The van der Waals surface area contributed by atoms with Crippen molar-refractivity contribution in [3.05, 3.63) is 35.7 Å². The number of carbonyl (C=O) groups is 1. The van der Waals surface area contributed by atoms with Gasteiger partial charge in [0, 0.05) is 19.3 Å². The van der Waals surface area contributed by atoms with Crippen LogP contribution in [-0.4, -0.2) is 23.9 Å². The zero-order chi connectivity index (χ0) is 13.7. The molecule has 2 rings (SSSR count). The van der Waals surface area contributed by atoms with Crippen molar-refractivity contribution in [2.75, 3.05) is 7.05 Å². The summed E-state index contributed by atoms with van der Waals surface area (Å²) in [6.45, 7) is 0. The van der Waals surface area contributed by atoms with E-state index in [4.69, 9.17) is 0 Å². The molecule has 0 spiro atoms. The van der Waals surface area contributed by atoms with Crippen molar-refractivity contribution in [1.29, 1.82) is 5.26 Å². The van der Waals surface area contributed by atoms with Gasteiger partial charge < -0.3 is 10.2 Å². The number of hydrogen-bond acceptors (Lipinski definition) is 3. The second-order valence-electron chi connectivity index (χ2n) is 4.99. The summed E-state index contributed by atoms with van der Waals surface area (Å²) in [5.74, 6) is -0.254. The van der Waals surface area contributed by atoms with E-state index < -0.39 is 0 Å². The van der Waals surface area contributed by atoms with Gasteiger partial charge in [0.25, 0.3) is 5.91 Å². The molecule has 1 saturated carbocycles. The summed E-state index contributed by atoms with van der Waals surface area (Å²) >= 11 is 0. The standard InChI is InChI=1S/C15H19N3O/c1-18-10-6-5-9-14(18)13(11-16)15(19)17-12-7-3-2-4-8-12/h5-6,9-10,12H,2-4,7-8H2,1H3,(H,17,19). The summed E-state index contributed by atoms with van der Waals surface area (Å²) in [4.78, 5) is 14.0. The fourth-order valence-corrected chi connectivity index (χ4v) is 2.51. The van der Waals surface area contributed by atoms with Gasteiger partial charge in [-0.3, -0.25) is 4.79 Å². The monoisotopic (exact) mass is 257 g/mol. The molecule has 1 amide bonds. The number of allylic oxidation sites excluding steroid dienone is 3. The minimum atomic E-state index is -0.254. The first-order valence-electron chi connectivity index (χ1n) is 6.75. The Morgan fingerprint density at radius 1 is 1.37 bits per heavy atom. The Hall–Kier alpha value is -2.02. The van der Waals surface area contributed by atoms with Crippen LogP contribution in [0.1, 0.15) is 32.1 Å². The summed E-state index contributed by atoms with van der Waals surface area (Å²) in [7, 11) is 1.83. The Labute approximate surface area is 114 Å². The van der Waals surface area contributed by atoms with Gasteiger partial charge in [-0.2, -0.15) is 5.26 Å². The van der Waals surface area contributed by atoms with Crippen LogP contribution in [0.3, 0.4) is 0 Å². The first-order valence-corrected chi connectivity index (χ1v) is 6.75. The van der Waals surface area contributed by atoms with E-state index in [0.717, 1.165) is 25.7 Å². The van der Waals surface area contributed by atoms with Crippen molar-refractivity contribution >= 4 is 5.91 Å². The third-order valence-corrected chi connectivity index (χ3v) is 3.59. The van der Waals surface area contributed by atoms with Gasteiger partial charge in [-0.05, 0) is 25.0 Å². The SMILES string of the molecule is CN1C=CC=CC1=C(C#N)C(=O)NC1CCCCC1. The highest BCUT2D eigenvalue weighted by molar-refractivity contribution is 5.98. The normalized spacial score (nSPS) is 22.0. The first kappa shape index (κ1) is 13.4. The number of nitrogens with one attached hydrogen (secondary N) is 1. The van der Waals surface area contributed by atoms with Crippen molar-refractivity contribution in [3.63, 3.8) is 0 Å². The van der Waals surface area contributed by atoms with E-state index in [1.54, 1.807) is 11.0 Å². The molecule has 0 aromatic heterocycles. The second kappa shape index (κ2) is 6.24. The number of nitrogens with zero attached hydrogens (tertiary/aromatic N) is 2. The second-order valence-corrected chi connectivity index (χ2v) is 4.99. The van der Waals surface area contributed by atoms with Crippen LogP contribution in [0.5, 0.6) is 0 Å². The molecule has 1 heterocycles. The fourth-order valence-electron chi connectivity index (χ4n) is 2.51. The van der Waals surface area contributed by atoms with Crippen molar-refractivity contribution in [2.45, 2.75) is 38.1 Å². The highest BCUT2D eigenvalue weighted by atomic mass is 16.1. The molecule has 0 saturated heterocycles. The van der Waals surface area contributed by atoms with Gasteiger partial charge in [-0.15, -0.1) is 0 Å². The summed E-state index contributed by atoms with van der Waals surface area (Å²) < 4.78 is 0. The average Bonchev–Trinajstić information content (AvgIpc) is 2.43. The van der Waals surface area contributed by atoms with Gasteiger partial charge in [-0.25, -0.2) is 0 Å². The topological polar surface area (TPSA) is 56.1 Å². The number of hydrogen-bond donors (Lipinski definition) is 1. The largest absolute Gasteiger partial charge is 0.350 e. The Morgan fingerprint density at radius 3 is 2.74 bits per heavy atom. The van der Waals surface area contributed by atoms with Gasteiger partial charge in [0.15, 0.2) is 0 Å².